The normalized spacial score (nSPS) is 11.0. The molecular weight excluding hydrogens is 136 g/mol. The van der Waals surface area contributed by atoms with E-state index in [0.29, 0.717) is 5.92 Å². The van der Waals surface area contributed by atoms with E-state index in [0.717, 1.165) is 12.1 Å². The van der Waals surface area contributed by atoms with E-state index in [2.05, 4.69) is 25.0 Å². The molecule has 0 amide bonds. The highest BCUT2D eigenvalue weighted by atomic mass is 15.3. The number of nitrogens with zero attached hydrogens (tertiary/aromatic N) is 2. The van der Waals surface area contributed by atoms with Crippen molar-refractivity contribution in [2.75, 3.05) is 0 Å². The van der Waals surface area contributed by atoms with Crippen molar-refractivity contribution < 1.29 is 0 Å². The molecule has 0 atom stereocenters. The SMILES string of the molecule is Cc1cc(CC(C)C)n(C)n1. The van der Waals surface area contributed by atoms with Crippen molar-refractivity contribution >= 4 is 0 Å². The molecule has 1 rings (SSSR count). The molecule has 0 aromatic carbocycles. The van der Waals surface area contributed by atoms with Crippen molar-refractivity contribution in [3.63, 3.8) is 0 Å². The molecule has 1 aromatic heterocycles. The zero-order chi connectivity index (χ0) is 8.43. The van der Waals surface area contributed by atoms with Gasteiger partial charge in [-0.1, -0.05) is 13.8 Å². The second kappa shape index (κ2) is 3.07. The maximum absolute atomic E-state index is 4.28. The fourth-order valence-electron chi connectivity index (χ4n) is 1.27. The van der Waals surface area contributed by atoms with Crippen LogP contribution in [-0.2, 0) is 13.5 Å². The zero-order valence-electron chi connectivity index (χ0n) is 7.76. The highest BCUT2D eigenvalue weighted by Gasteiger charge is 2.03. The van der Waals surface area contributed by atoms with Gasteiger partial charge in [0, 0.05) is 12.7 Å². The molecule has 0 aliphatic heterocycles. The first-order chi connectivity index (χ1) is 5.09. The first-order valence-electron chi connectivity index (χ1n) is 4.09. The average molecular weight is 152 g/mol. The molecule has 0 radical (unpaired) electrons. The average Bonchev–Trinajstić information content (AvgIpc) is 2.09. The molecule has 0 bridgehead atoms. The smallest absolute Gasteiger partial charge is 0.0596 e. The molecule has 0 spiro atoms. The number of aryl methyl sites for hydroxylation is 2. The minimum absolute atomic E-state index is 0.713. The van der Waals surface area contributed by atoms with Gasteiger partial charge in [0.2, 0.25) is 0 Å². The van der Waals surface area contributed by atoms with Gasteiger partial charge in [-0.05, 0) is 25.3 Å². The largest absolute Gasteiger partial charge is 0.272 e. The highest BCUT2D eigenvalue weighted by molar-refractivity contribution is 5.08. The van der Waals surface area contributed by atoms with Crippen molar-refractivity contribution in [2.45, 2.75) is 27.2 Å². The second-order valence-corrected chi connectivity index (χ2v) is 3.50. The molecule has 1 heterocycles. The third-order valence-corrected chi connectivity index (χ3v) is 1.72. The lowest BCUT2D eigenvalue weighted by molar-refractivity contribution is 0.595. The van der Waals surface area contributed by atoms with Gasteiger partial charge in [0.15, 0.2) is 0 Å². The maximum Gasteiger partial charge on any atom is 0.0596 e. The van der Waals surface area contributed by atoms with Crippen molar-refractivity contribution in [1.82, 2.24) is 9.78 Å². The molecule has 0 fully saturated rings. The third-order valence-electron chi connectivity index (χ3n) is 1.72. The molecule has 11 heavy (non-hydrogen) atoms. The Balaban J connectivity index is 2.77. The lowest BCUT2D eigenvalue weighted by Gasteiger charge is -2.03. The monoisotopic (exact) mass is 152 g/mol. The van der Waals surface area contributed by atoms with E-state index < -0.39 is 0 Å². The van der Waals surface area contributed by atoms with Crippen LogP contribution in [0.2, 0.25) is 0 Å². The summed E-state index contributed by atoms with van der Waals surface area (Å²) in [5, 5.41) is 4.28. The van der Waals surface area contributed by atoms with E-state index in [1.54, 1.807) is 0 Å². The van der Waals surface area contributed by atoms with Gasteiger partial charge >= 0.3 is 0 Å². The first-order valence-corrected chi connectivity index (χ1v) is 4.09. The lowest BCUT2D eigenvalue weighted by atomic mass is 10.1. The Morgan fingerprint density at radius 3 is 2.55 bits per heavy atom. The fraction of sp³-hybridized carbons (Fsp3) is 0.667. The highest BCUT2D eigenvalue weighted by Crippen LogP contribution is 2.08. The van der Waals surface area contributed by atoms with Crippen molar-refractivity contribution in [2.24, 2.45) is 13.0 Å². The standard InChI is InChI=1S/C9H16N2/c1-7(2)5-9-6-8(3)10-11(9)4/h6-7H,5H2,1-4H3. The van der Waals surface area contributed by atoms with Gasteiger partial charge in [-0.25, -0.2) is 0 Å². The molecule has 1 aromatic rings. The van der Waals surface area contributed by atoms with Crippen LogP contribution in [0, 0.1) is 12.8 Å². The molecular formula is C9H16N2. The molecule has 0 unspecified atom stereocenters. The summed E-state index contributed by atoms with van der Waals surface area (Å²) in [7, 11) is 2.00. The molecule has 0 N–H and O–H groups in total. The molecule has 0 saturated carbocycles. The topological polar surface area (TPSA) is 17.8 Å². The second-order valence-electron chi connectivity index (χ2n) is 3.50. The quantitative estimate of drug-likeness (QED) is 0.633. The van der Waals surface area contributed by atoms with Gasteiger partial charge in [0.1, 0.15) is 0 Å². The predicted octanol–water partition coefficient (Wildman–Crippen LogP) is 1.93. The number of aromatic nitrogens is 2. The first kappa shape index (κ1) is 8.31. The van der Waals surface area contributed by atoms with Crippen LogP contribution in [0.4, 0.5) is 0 Å². The van der Waals surface area contributed by atoms with Crippen molar-refractivity contribution in [3.8, 4) is 0 Å². The Morgan fingerprint density at radius 2 is 2.18 bits per heavy atom. The number of rotatable bonds is 2. The van der Waals surface area contributed by atoms with Crippen LogP contribution in [0.3, 0.4) is 0 Å². The molecule has 2 nitrogen and oxygen atoms in total. The van der Waals surface area contributed by atoms with Crippen LogP contribution in [0.5, 0.6) is 0 Å². The Labute approximate surface area is 68.2 Å². The Morgan fingerprint density at radius 1 is 1.55 bits per heavy atom. The predicted molar refractivity (Wildman–Crippen MR) is 46.5 cm³/mol. The maximum atomic E-state index is 4.28. The summed E-state index contributed by atoms with van der Waals surface area (Å²) in [6, 6.07) is 2.15. The number of hydrogen-bond acceptors (Lipinski definition) is 1. The van der Waals surface area contributed by atoms with Crippen LogP contribution < -0.4 is 0 Å². The minimum Gasteiger partial charge on any atom is -0.272 e. The summed E-state index contributed by atoms with van der Waals surface area (Å²) in [6.07, 6.45) is 1.12. The molecule has 0 aliphatic rings. The summed E-state index contributed by atoms with van der Waals surface area (Å²) >= 11 is 0. The van der Waals surface area contributed by atoms with Gasteiger partial charge in [-0.15, -0.1) is 0 Å². The summed E-state index contributed by atoms with van der Waals surface area (Å²) in [5.74, 6) is 0.713. The van der Waals surface area contributed by atoms with E-state index in [1.165, 1.54) is 5.69 Å². The third kappa shape index (κ3) is 2.07. The van der Waals surface area contributed by atoms with Crippen LogP contribution >= 0.6 is 0 Å². The summed E-state index contributed by atoms with van der Waals surface area (Å²) < 4.78 is 1.97. The zero-order valence-corrected chi connectivity index (χ0v) is 7.76. The number of hydrogen-bond donors (Lipinski definition) is 0. The van der Waals surface area contributed by atoms with E-state index in [9.17, 15) is 0 Å². The van der Waals surface area contributed by atoms with E-state index >= 15 is 0 Å². The molecule has 2 heteroatoms. The summed E-state index contributed by atoms with van der Waals surface area (Å²) in [4.78, 5) is 0. The summed E-state index contributed by atoms with van der Waals surface area (Å²) in [6.45, 7) is 6.48. The van der Waals surface area contributed by atoms with E-state index in [1.807, 2.05) is 18.7 Å². The molecule has 0 saturated heterocycles. The fourth-order valence-corrected chi connectivity index (χ4v) is 1.27. The van der Waals surface area contributed by atoms with Crippen LogP contribution in [0.15, 0.2) is 6.07 Å². The summed E-state index contributed by atoms with van der Waals surface area (Å²) in [5.41, 5.74) is 2.45. The van der Waals surface area contributed by atoms with Crippen molar-refractivity contribution in [3.05, 3.63) is 17.5 Å². The van der Waals surface area contributed by atoms with Crippen LogP contribution in [0.25, 0.3) is 0 Å². The van der Waals surface area contributed by atoms with Crippen LogP contribution in [-0.4, -0.2) is 9.78 Å². The molecule has 62 valence electrons. The Kier molecular flexibility index (Phi) is 2.32. The lowest BCUT2D eigenvalue weighted by Crippen LogP contribution is -2.01. The van der Waals surface area contributed by atoms with Gasteiger partial charge in [0.05, 0.1) is 5.69 Å². The Hall–Kier alpha value is -0.790. The van der Waals surface area contributed by atoms with E-state index in [-0.39, 0.29) is 0 Å². The van der Waals surface area contributed by atoms with Crippen molar-refractivity contribution in [1.29, 1.82) is 0 Å². The van der Waals surface area contributed by atoms with E-state index in [4.69, 9.17) is 0 Å². The Bertz CT molecular complexity index is 236. The van der Waals surface area contributed by atoms with Gasteiger partial charge in [0.25, 0.3) is 0 Å². The molecule has 0 aliphatic carbocycles. The van der Waals surface area contributed by atoms with Crippen LogP contribution in [0.1, 0.15) is 25.2 Å². The van der Waals surface area contributed by atoms with Gasteiger partial charge in [-0.3, -0.25) is 4.68 Å². The minimum atomic E-state index is 0.713. The van der Waals surface area contributed by atoms with Gasteiger partial charge < -0.3 is 0 Å². The van der Waals surface area contributed by atoms with Gasteiger partial charge in [-0.2, -0.15) is 5.10 Å².